The topological polar surface area (TPSA) is 52.0 Å². The Balaban J connectivity index is 3.23. The van der Waals surface area contributed by atoms with Crippen LogP contribution in [-0.2, 0) is 0 Å². The molecule has 0 saturated carbocycles. The molecule has 0 aliphatic rings. The van der Waals surface area contributed by atoms with Crippen LogP contribution in [0, 0.1) is 0 Å². The van der Waals surface area contributed by atoms with E-state index in [-0.39, 0.29) is 0 Å². The van der Waals surface area contributed by atoms with E-state index in [1.807, 2.05) is 0 Å². The van der Waals surface area contributed by atoms with Crippen molar-refractivity contribution in [2.45, 2.75) is 89.9 Å². The molecule has 0 unspecified atom stereocenters. The maximum Gasteiger partial charge on any atom is -0.00773 e. The predicted molar refractivity (Wildman–Crippen MR) is 110 cm³/mol. The summed E-state index contributed by atoms with van der Waals surface area (Å²) in [6.45, 7) is 1.68. The fraction of sp³-hybridized carbons (Fsp3) is 0.727. The van der Waals surface area contributed by atoms with Gasteiger partial charge in [0.15, 0.2) is 0 Å². The van der Waals surface area contributed by atoms with Gasteiger partial charge in [-0.25, -0.2) is 0 Å². The second kappa shape index (κ2) is 22.1. The fourth-order valence-corrected chi connectivity index (χ4v) is 2.61. The van der Waals surface area contributed by atoms with Crippen molar-refractivity contribution in [2.75, 3.05) is 13.1 Å². The lowest BCUT2D eigenvalue weighted by atomic mass is 10.1. The van der Waals surface area contributed by atoms with Crippen molar-refractivity contribution in [2.24, 2.45) is 11.5 Å². The second-order valence-electron chi connectivity index (χ2n) is 6.55. The molecule has 140 valence electrons. The van der Waals surface area contributed by atoms with Crippen LogP contribution in [0.15, 0.2) is 36.5 Å². The van der Waals surface area contributed by atoms with E-state index < -0.39 is 0 Å². The van der Waals surface area contributed by atoms with Crippen LogP contribution in [0.1, 0.15) is 89.9 Å². The summed E-state index contributed by atoms with van der Waals surface area (Å²) in [6.07, 6.45) is 31.4. The molecule has 4 N–H and O–H groups in total. The Morgan fingerprint density at radius 3 is 0.958 bits per heavy atom. The van der Waals surface area contributed by atoms with Crippen molar-refractivity contribution in [3.8, 4) is 0 Å². The second-order valence-corrected chi connectivity index (χ2v) is 6.55. The summed E-state index contributed by atoms with van der Waals surface area (Å²) in [6, 6.07) is 0. The number of hydrogen-bond donors (Lipinski definition) is 2. The summed E-state index contributed by atoms with van der Waals surface area (Å²) >= 11 is 0. The summed E-state index contributed by atoms with van der Waals surface area (Å²) in [5.74, 6) is 0. The number of allylic oxidation sites excluding steroid dienone is 6. The average molecular weight is 335 g/mol. The van der Waals surface area contributed by atoms with E-state index in [1.54, 1.807) is 0 Å². The first kappa shape index (κ1) is 23.1. The molecule has 0 aliphatic heterocycles. The van der Waals surface area contributed by atoms with E-state index in [4.69, 9.17) is 11.5 Å². The number of rotatable bonds is 18. The van der Waals surface area contributed by atoms with E-state index in [0.717, 1.165) is 13.1 Å². The Labute approximate surface area is 151 Å². The third-order valence-corrected chi connectivity index (χ3v) is 4.15. The standard InChI is InChI=1S/C22H42N2/c23-21-19-17-15-13-11-9-7-5-3-1-2-4-6-8-10-12-14-16-18-20-22-24/h1-2,7-10H,3-6,11-24H2. The Hall–Kier alpha value is -0.860. The van der Waals surface area contributed by atoms with Gasteiger partial charge in [0.2, 0.25) is 0 Å². The van der Waals surface area contributed by atoms with E-state index in [2.05, 4.69) is 36.5 Å². The number of unbranched alkanes of at least 4 members (excludes halogenated alkanes) is 10. The van der Waals surface area contributed by atoms with Gasteiger partial charge in [-0.05, 0) is 77.3 Å². The third-order valence-electron chi connectivity index (χ3n) is 4.15. The SMILES string of the molecule is NCCCCCCC=CCCC=CCCC=CCCCCCCN. The highest BCUT2D eigenvalue weighted by atomic mass is 14.5. The third kappa shape index (κ3) is 21.1. The first-order valence-corrected chi connectivity index (χ1v) is 10.3. The zero-order chi connectivity index (χ0) is 17.6. The van der Waals surface area contributed by atoms with Gasteiger partial charge < -0.3 is 11.5 Å². The number of hydrogen-bond acceptors (Lipinski definition) is 2. The quantitative estimate of drug-likeness (QED) is 0.237. The van der Waals surface area contributed by atoms with E-state index >= 15 is 0 Å². The van der Waals surface area contributed by atoms with Crippen molar-refractivity contribution < 1.29 is 0 Å². The van der Waals surface area contributed by atoms with Crippen molar-refractivity contribution >= 4 is 0 Å². The van der Waals surface area contributed by atoms with Crippen LogP contribution in [-0.4, -0.2) is 13.1 Å². The molecule has 0 radical (unpaired) electrons. The Bertz CT molecular complexity index is 275. The van der Waals surface area contributed by atoms with Crippen LogP contribution in [0.4, 0.5) is 0 Å². The highest BCUT2D eigenvalue weighted by Gasteiger charge is 1.87. The molecular weight excluding hydrogens is 292 g/mol. The monoisotopic (exact) mass is 334 g/mol. The summed E-state index contributed by atoms with van der Waals surface area (Å²) in [7, 11) is 0. The van der Waals surface area contributed by atoms with Crippen LogP contribution in [0.3, 0.4) is 0 Å². The molecule has 0 rings (SSSR count). The highest BCUT2D eigenvalue weighted by molar-refractivity contribution is 4.90. The van der Waals surface area contributed by atoms with Crippen molar-refractivity contribution in [1.82, 2.24) is 0 Å². The van der Waals surface area contributed by atoms with Gasteiger partial charge in [-0.15, -0.1) is 0 Å². The Kier molecular flexibility index (Phi) is 21.3. The van der Waals surface area contributed by atoms with Gasteiger partial charge in [0, 0.05) is 0 Å². The maximum atomic E-state index is 5.48. The average Bonchev–Trinajstić information content (AvgIpc) is 2.60. The Morgan fingerprint density at radius 2 is 0.625 bits per heavy atom. The fourth-order valence-electron chi connectivity index (χ4n) is 2.61. The molecule has 0 bridgehead atoms. The first-order valence-electron chi connectivity index (χ1n) is 10.3. The molecule has 2 nitrogen and oxygen atoms in total. The number of nitrogens with two attached hydrogens (primary N) is 2. The smallest absolute Gasteiger partial charge is 0.00773 e. The lowest BCUT2D eigenvalue weighted by molar-refractivity contribution is 0.652. The molecule has 0 heterocycles. The molecule has 0 saturated heterocycles. The van der Waals surface area contributed by atoms with Crippen LogP contribution < -0.4 is 11.5 Å². The van der Waals surface area contributed by atoms with Gasteiger partial charge >= 0.3 is 0 Å². The van der Waals surface area contributed by atoms with Crippen molar-refractivity contribution in [3.05, 3.63) is 36.5 Å². The molecule has 0 atom stereocenters. The minimum atomic E-state index is 0.840. The predicted octanol–water partition coefficient (Wildman–Crippen LogP) is 6.03. The minimum absolute atomic E-state index is 0.840. The van der Waals surface area contributed by atoms with Gasteiger partial charge in [-0.2, -0.15) is 0 Å². The summed E-state index contributed by atoms with van der Waals surface area (Å²) < 4.78 is 0. The Morgan fingerprint density at radius 1 is 0.333 bits per heavy atom. The highest BCUT2D eigenvalue weighted by Crippen LogP contribution is 2.05. The van der Waals surface area contributed by atoms with E-state index in [1.165, 1.54) is 89.9 Å². The molecule has 0 aromatic heterocycles. The van der Waals surface area contributed by atoms with Crippen molar-refractivity contribution in [3.63, 3.8) is 0 Å². The van der Waals surface area contributed by atoms with E-state index in [0.29, 0.717) is 0 Å². The van der Waals surface area contributed by atoms with Crippen molar-refractivity contribution in [1.29, 1.82) is 0 Å². The van der Waals surface area contributed by atoms with Gasteiger partial charge in [0.25, 0.3) is 0 Å². The van der Waals surface area contributed by atoms with Gasteiger partial charge in [-0.3, -0.25) is 0 Å². The molecule has 0 aromatic rings. The zero-order valence-corrected chi connectivity index (χ0v) is 15.9. The zero-order valence-electron chi connectivity index (χ0n) is 15.9. The summed E-state index contributed by atoms with van der Waals surface area (Å²) in [5, 5.41) is 0. The van der Waals surface area contributed by atoms with Crippen LogP contribution >= 0.6 is 0 Å². The van der Waals surface area contributed by atoms with Gasteiger partial charge in [0.1, 0.15) is 0 Å². The molecular formula is C22H42N2. The molecule has 24 heavy (non-hydrogen) atoms. The maximum absolute atomic E-state index is 5.48. The molecule has 2 heteroatoms. The largest absolute Gasteiger partial charge is 0.330 e. The molecule has 0 amide bonds. The lowest BCUT2D eigenvalue weighted by Gasteiger charge is -1.96. The first-order chi connectivity index (χ1) is 11.9. The molecule has 0 aliphatic carbocycles. The summed E-state index contributed by atoms with van der Waals surface area (Å²) in [5.41, 5.74) is 11.0. The van der Waals surface area contributed by atoms with E-state index in [9.17, 15) is 0 Å². The van der Waals surface area contributed by atoms with Gasteiger partial charge in [0.05, 0.1) is 0 Å². The lowest BCUT2D eigenvalue weighted by Crippen LogP contribution is -1.97. The molecule has 0 fully saturated rings. The molecule has 0 aromatic carbocycles. The van der Waals surface area contributed by atoms with Gasteiger partial charge in [-0.1, -0.05) is 62.1 Å². The van der Waals surface area contributed by atoms with Crippen LogP contribution in [0.5, 0.6) is 0 Å². The molecule has 0 spiro atoms. The van der Waals surface area contributed by atoms with Crippen LogP contribution in [0.25, 0.3) is 0 Å². The normalized spacial score (nSPS) is 12.2. The van der Waals surface area contributed by atoms with Crippen LogP contribution in [0.2, 0.25) is 0 Å². The summed E-state index contributed by atoms with van der Waals surface area (Å²) in [4.78, 5) is 0. The minimum Gasteiger partial charge on any atom is -0.330 e.